The Morgan fingerprint density at radius 1 is 0.925 bits per heavy atom. The van der Waals surface area contributed by atoms with E-state index in [-0.39, 0.29) is 12.1 Å². The molecule has 2 N–H and O–H groups in total. The normalized spacial score (nSPS) is 14.5. The van der Waals surface area contributed by atoms with Crippen LogP contribution in [-0.4, -0.2) is 46.1 Å². The molecular formula is C32H31ClN4O3. The molecule has 0 spiro atoms. The van der Waals surface area contributed by atoms with E-state index in [4.69, 9.17) is 16.6 Å². The van der Waals surface area contributed by atoms with E-state index in [1.165, 1.54) is 0 Å². The van der Waals surface area contributed by atoms with Gasteiger partial charge in [-0.05, 0) is 47.6 Å². The molecule has 1 aliphatic heterocycles. The van der Waals surface area contributed by atoms with Crippen molar-refractivity contribution in [2.75, 3.05) is 18.0 Å². The van der Waals surface area contributed by atoms with Crippen LogP contribution in [-0.2, 0) is 11.2 Å². The molecule has 1 aliphatic rings. The molecule has 1 atom stereocenters. The van der Waals surface area contributed by atoms with E-state index in [2.05, 4.69) is 34.3 Å². The number of halogens is 1. The lowest BCUT2D eigenvalue weighted by molar-refractivity contribution is -0.139. The minimum absolute atomic E-state index is 0.119. The molecule has 1 unspecified atom stereocenters. The van der Waals surface area contributed by atoms with E-state index in [0.717, 1.165) is 48.2 Å². The lowest BCUT2D eigenvalue weighted by Gasteiger charge is -2.31. The van der Waals surface area contributed by atoms with Gasteiger partial charge in [-0.1, -0.05) is 85.3 Å². The van der Waals surface area contributed by atoms with Gasteiger partial charge in [0.15, 0.2) is 5.82 Å². The number of carbonyl (C=O) groups excluding carboxylic acids is 1. The zero-order valence-electron chi connectivity index (χ0n) is 22.3. The Morgan fingerprint density at radius 2 is 1.55 bits per heavy atom. The molecule has 8 heteroatoms. The first-order valence-corrected chi connectivity index (χ1v) is 13.8. The predicted octanol–water partition coefficient (Wildman–Crippen LogP) is 6.13. The lowest BCUT2D eigenvalue weighted by Crippen LogP contribution is -2.42. The van der Waals surface area contributed by atoms with E-state index in [0.29, 0.717) is 22.6 Å². The summed E-state index contributed by atoms with van der Waals surface area (Å²) in [5.41, 5.74) is 3.83. The maximum absolute atomic E-state index is 13.4. The third-order valence-electron chi connectivity index (χ3n) is 7.26. The van der Waals surface area contributed by atoms with Crippen LogP contribution >= 0.6 is 11.6 Å². The van der Waals surface area contributed by atoms with Crippen LogP contribution in [0, 0.1) is 5.92 Å². The number of nitrogens with one attached hydrogen (secondary N) is 1. The highest BCUT2D eigenvalue weighted by Gasteiger charge is 2.25. The van der Waals surface area contributed by atoms with Gasteiger partial charge in [-0.15, -0.1) is 0 Å². The molecule has 1 amide bonds. The molecule has 7 nitrogen and oxygen atoms in total. The number of anilines is 1. The quantitative estimate of drug-likeness (QED) is 0.272. The van der Waals surface area contributed by atoms with Crippen molar-refractivity contribution in [1.82, 2.24) is 15.3 Å². The first-order chi connectivity index (χ1) is 19.4. The summed E-state index contributed by atoms with van der Waals surface area (Å²) in [5, 5.41) is 13.1. The van der Waals surface area contributed by atoms with Gasteiger partial charge in [-0.2, -0.15) is 0 Å². The van der Waals surface area contributed by atoms with Gasteiger partial charge in [-0.3, -0.25) is 4.79 Å². The van der Waals surface area contributed by atoms with Crippen molar-refractivity contribution in [3.05, 3.63) is 101 Å². The van der Waals surface area contributed by atoms with Crippen molar-refractivity contribution in [1.29, 1.82) is 0 Å². The second-order valence-electron chi connectivity index (χ2n) is 10.2. The standard InChI is InChI=1S/C32H31ClN4O3/c1-21-15-17-37(18-16-21)29-20-27(31(38)35-28(32(39)40)19-22-7-13-26(33)14-8-22)34-30(36-29)25-11-9-24(10-12-25)23-5-3-2-4-6-23/h2-14,20-21,28H,15-19H2,1H3,(H,35,38)(H,39,40). The summed E-state index contributed by atoms with van der Waals surface area (Å²) in [6.45, 7) is 3.91. The van der Waals surface area contributed by atoms with Gasteiger partial charge in [0, 0.05) is 36.2 Å². The van der Waals surface area contributed by atoms with E-state index in [9.17, 15) is 14.7 Å². The number of piperidine rings is 1. The molecule has 0 saturated carbocycles. The van der Waals surface area contributed by atoms with Crippen molar-refractivity contribution >= 4 is 29.3 Å². The summed E-state index contributed by atoms with van der Waals surface area (Å²) >= 11 is 5.96. The summed E-state index contributed by atoms with van der Waals surface area (Å²) in [5.74, 6) is 0.0381. The van der Waals surface area contributed by atoms with Crippen molar-refractivity contribution < 1.29 is 14.7 Å². The van der Waals surface area contributed by atoms with Crippen LogP contribution in [0.25, 0.3) is 22.5 Å². The molecule has 0 radical (unpaired) electrons. The smallest absolute Gasteiger partial charge is 0.326 e. The SMILES string of the molecule is CC1CCN(c2cc(C(=O)NC(Cc3ccc(Cl)cc3)C(=O)O)nc(-c3ccc(-c4ccccc4)cc3)n2)CC1. The number of hydrogen-bond acceptors (Lipinski definition) is 5. The number of carbonyl (C=O) groups is 2. The number of aliphatic carboxylic acids is 1. The zero-order valence-corrected chi connectivity index (χ0v) is 23.0. The number of nitrogens with zero attached hydrogens (tertiary/aromatic N) is 3. The molecule has 0 bridgehead atoms. The minimum Gasteiger partial charge on any atom is -0.480 e. The first-order valence-electron chi connectivity index (χ1n) is 13.4. The van der Waals surface area contributed by atoms with Crippen LogP contribution in [0.3, 0.4) is 0 Å². The Morgan fingerprint density at radius 3 is 2.20 bits per heavy atom. The zero-order chi connectivity index (χ0) is 28.1. The van der Waals surface area contributed by atoms with Crippen LogP contribution in [0.5, 0.6) is 0 Å². The van der Waals surface area contributed by atoms with Crippen LogP contribution in [0.15, 0.2) is 84.9 Å². The van der Waals surface area contributed by atoms with E-state index >= 15 is 0 Å². The molecule has 1 aromatic heterocycles. The maximum atomic E-state index is 13.4. The topological polar surface area (TPSA) is 95.4 Å². The maximum Gasteiger partial charge on any atom is 0.326 e. The van der Waals surface area contributed by atoms with Gasteiger partial charge in [0.1, 0.15) is 17.6 Å². The third kappa shape index (κ3) is 6.66. The molecule has 3 aromatic carbocycles. The fourth-order valence-electron chi connectivity index (χ4n) is 4.81. The summed E-state index contributed by atoms with van der Waals surface area (Å²) in [6.07, 6.45) is 2.19. The molecule has 40 heavy (non-hydrogen) atoms. The first kappa shape index (κ1) is 27.3. The van der Waals surface area contributed by atoms with Gasteiger partial charge in [-0.25, -0.2) is 14.8 Å². The average Bonchev–Trinajstić information content (AvgIpc) is 2.98. The Bertz CT molecular complexity index is 1470. The number of aromatic nitrogens is 2. The van der Waals surface area contributed by atoms with Crippen molar-refractivity contribution in [2.24, 2.45) is 5.92 Å². The molecule has 5 rings (SSSR count). The second-order valence-corrected chi connectivity index (χ2v) is 10.7. The number of carboxylic acids is 1. The van der Waals surface area contributed by atoms with Crippen LogP contribution in [0.2, 0.25) is 5.02 Å². The van der Waals surface area contributed by atoms with Gasteiger partial charge >= 0.3 is 5.97 Å². The van der Waals surface area contributed by atoms with Crippen molar-refractivity contribution in [3.63, 3.8) is 0 Å². The Kier molecular flexibility index (Phi) is 8.41. The molecule has 4 aromatic rings. The molecular weight excluding hydrogens is 524 g/mol. The minimum atomic E-state index is -1.13. The highest BCUT2D eigenvalue weighted by Crippen LogP contribution is 2.27. The summed E-state index contributed by atoms with van der Waals surface area (Å²) in [7, 11) is 0. The molecule has 1 saturated heterocycles. The van der Waals surface area contributed by atoms with Crippen molar-refractivity contribution in [3.8, 4) is 22.5 Å². The van der Waals surface area contributed by atoms with Crippen LogP contribution in [0.4, 0.5) is 5.82 Å². The molecule has 204 valence electrons. The van der Waals surface area contributed by atoms with Gasteiger partial charge < -0.3 is 15.3 Å². The number of hydrogen-bond donors (Lipinski definition) is 2. The number of amides is 1. The van der Waals surface area contributed by atoms with E-state index < -0.39 is 17.9 Å². The Hall–Kier alpha value is -4.23. The molecule has 0 aliphatic carbocycles. The third-order valence-corrected chi connectivity index (χ3v) is 7.51. The van der Waals surface area contributed by atoms with Gasteiger partial charge in [0.05, 0.1) is 0 Å². The Balaban J connectivity index is 1.44. The molecule has 1 fully saturated rings. The summed E-state index contributed by atoms with van der Waals surface area (Å²) in [4.78, 5) is 37.0. The fraction of sp³-hybridized carbons (Fsp3) is 0.250. The number of benzene rings is 3. The van der Waals surface area contributed by atoms with Gasteiger partial charge in [0.2, 0.25) is 0 Å². The predicted molar refractivity (Wildman–Crippen MR) is 158 cm³/mol. The second kappa shape index (κ2) is 12.3. The fourth-order valence-corrected chi connectivity index (χ4v) is 4.94. The average molecular weight is 555 g/mol. The number of carboxylic acid groups (broad SMARTS) is 1. The van der Waals surface area contributed by atoms with Crippen LogP contribution in [0.1, 0.15) is 35.8 Å². The Labute approximate surface area is 238 Å². The van der Waals surface area contributed by atoms with E-state index in [1.807, 2.05) is 42.5 Å². The van der Waals surface area contributed by atoms with Gasteiger partial charge in [0.25, 0.3) is 5.91 Å². The summed E-state index contributed by atoms with van der Waals surface area (Å²) in [6, 6.07) is 25.4. The van der Waals surface area contributed by atoms with E-state index in [1.54, 1.807) is 30.3 Å². The van der Waals surface area contributed by atoms with Crippen LogP contribution < -0.4 is 10.2 Å². The molecule has 2 heterocycles. The highest BCUT2D eigenvalue weighted by atomic mass is 35.5. The highest BCUT2D eigenvalue weighted by molar-refractivity contribution is 6.30. The number of rotatable bonds is 8. The largest absolute Gasteiger partial charge is 0.480 e. The monoisotopic (exact) mass is 554 g/mol. The van der Waals surface area contributed by atoms with Crippen molar-refractivity contribution in [2.45, 2.75) is 32.2 Å². The summed E-state index contributed by atoms with van der Waals surface area (Å²) < 4.78 is 0. The lowest BCUT2D eigenvalue weighted by atomic mass is 9.99.